The van der Waals surface area contributed by atoms with Crippen LogP contribution in [0.25, 0.3) is 11.3 Å². The van der Waals surface area contributed by atoms with Crippen LogP contribution in [0.3, 0.4) is 0 Å². The molecule has 0 aliphatic rings. The summed E-state index contributed by atoms with van der Waals surface area (Å²) in [5, 5.41) is 5.22. The average molecular weight is 327 g/mol. The van der Waals surface area contributed by atoms with E-state index in [0.717, 1.165) is 0 Å². The fourth-order valence-electron chi connectivity index (χ4n) is 2.03. The number of benzene rings is 1. The lowest BCUT2D eigenvalue weighted by atomic mass is 10.1. The molecule has 4 N–H and O–H groups in total. The second-order valence-electron chi connectivity index (χ2n) is 5.68. The molecule has 0 saturated heterocycles. The largest absolute Gasteiger partial charge is 0.383 e. The minimum absolute atomic E-state index is 0.184. The molecule has 112 valence electrons. The Bertz CT molecular complexity index is 716. The molecule has 0 unspecified atom stereocenters. The van der Waals surface area contributed by atoms with Crippen molar-refractivity contribution in [1.29, 1.82) is 0 Å². The Morgan fingerprint density at radius 2 is 1.86 bits per heavy atom. The molecule has 21 heavy (non-hydrogen) atoms. The maximum Gasteiger partial charge on any atom is 0.254 e. The van der Waals surface area contributed by atoms with E-state index in [1.165, 1.54) is 0 Å². The summed E-state index contributed by atoms with van der Waals surface area (Å²) in [5.41, 5.74) is 12.3. The highest BCUT2D eigenvalue weighted by Crippen LogP contribution is 2.33. The molecule has 7 heteroatoms. The summed E-state index contributed by atoms with van der Waals surface area (Å²) in [6.07, 6.45) is 0. The molecule has 0 aliphatic heterocycles. The Morgan fingerprint density at radius 1 is 1.24 bits per heavy atom. The number of aromatic nitrogens is 2. The number of amides is 1. The number of carbonyl (C=O) groups excluding carboxylic acids is 1. The van der Waals surface area contributed by atoms with Crippen LogP contribution in [0, 0.1) is 0 Å². The van der Waals surface area contributed by atoms with Crippen molar-refractivity contribution in [2.45, 2.75) is 26.3 Å². The summed E-state index contributed by atoms with van der Waals surface area (Å²) in [4.78, 5) is 11.7. The van der Waals surface area contributed by atoms with Crippen molar-refractivity contribution in [3.05, 3.63) is 33.8 Å². The monoisotopic (exact) mass is 326 g/mol. The molecule has 0 atom stereocenters. The number of carbonyl (C=O) groups is 1. The molecule has 2 rings (SSSR count). The number of nitrogen functional groups attached to an aromatic ring is 1. The molecule has 1 aromatic carbocycles. The van der Waals surface area contributed by atoms with Crippen molar-refractivity contribution in [1.82, 2.24) is 9.78 Å². The van der Waals surface area contributed by atoms with Gasteiger partial charge in [0.25, 0.3) is 5.91 Å². The molecule has 1 heterocycles. The summed E-state index contributed by atoms with van der Waals surface area (Å²) >= 11 is 11.9. The smallest absolute Gasteiger partial charge is 0.254 e. The first kappa shape index (κ1) is 15.7. The molecule has 0 fully saturated rings. The van der Waals surface area contributed by atoms with Gasteiger partial charge < -0.3 is 11.5 Å². The van der Waals surface area contributed by atoms with E-state index in [4.69, 9.17) is 34.7 Å². The maximum absolute atomic E-state index is 11.7. The van der Waals surface area contributed by atoms with Crippen LogP contribution in [0.5, 0.6) is 0 Å². The van der Waals surface area contributed by atoms with E-state index < -0.39 is 5.91 Å². The Balaban J connectivity index is 2.73. The number of hydrogen-bond acceptors (Lipinski definition) is 3. The number of anilines is 1. The van der Waals surface area contributed by atoms with Crippen LogP contribution in [-0.4, -0.2) is 15.7 Å². The highest BCUT2D eigenvalue weighted by Gasteiger charge is 2.27. The van der Waals surface area contributed by atoms with Gasteiger partial charge >= 0.3 is 0 Å². The van der Waals surface area contributed by atoms with E-state index >= 15 is 0 Å². The van der Waals surface area contributed by atoms with Gasteiger partial charge in [-0.3, -0.25) is 4.79 Å². The van der Waals surface area contributed by atoms with Crippen LogP contribution in [-0.2, 0) is 5.54 Å². The fraction of sp³-hybridized carbons (Fsp3) is 0.286. The van der Waals surface area contributed by atoms with Crippen LogP contribution >= 0.6 is 23.2 Å². The number of nitrogens with two attached hydrogens (primary N) is 2. The molecule has 0 spiro atoms. The van der Waals surface area contributed by atoms with Gasteiger partial charge in [0, 0.05) is 5.56 Å². The predicted molar refractivity (Wildman–Crippen MR) is 85.6 cm³/mol. The first-order valence-corrected chi connectivity index (χ1v) is 7.02. The number of hydrogen-bond donors (Lipinski definition) is 2. The highest BCUT2D eigenvalue weighted by atomic mass is 35.5. The average Bonchev–Trinajstić information content (AvgIpc) is 2.70. The first-order chi connectivity index (χ1) is 9.62. The van der Waals surface area contributed by atoms with Gasteiger partial charge in [0.15, 0.2) is 0 Å². The summed E-state index contributed by atoms with van der Waals surface area (Å²) < 4.78 is 1.57. The number of halogens is 2. The quantitative estimate of drug-likeness (QED) is 0.887. The number of primary amides is 1. The van der Waals surface area contributed by atoms with Crippen molar-refractivity contribution in [3.8, 4) is 11.3 Å². The summed E-state index contributed by atoms with van der Waals surface area (Å²) in [7, 11) is 0. The van der Waals surface area contributed by atoms with E-state index in [1.807, 2.05) is 20.8 Å². The molecule has 2 aromatic rings. The zero-order chi connectivity index (χ0) is 15.9. The highest BCUT2D eigenvalue weighted by molar-refractivity contribution is 6.42. The van der Waals surface area contributed by atoms with Crippen LogP contribution in [0.1, 0.15) is 31.1 Å². The van der Waals surface area contributed by atoms with Gasteiger partial charge in [0.2, 0.25) is 0 Å². The van der Waals surface area contributed by atoms with Crippen LogP contribution in [0.4, 0.5) is 5.82 Å². The Hall–Kier alpha value is -1.72. The number of rotatable bonds is 2. The molecular weight excluding hydrogens is 311 g/mol. The van der Waals surface area contributed by atoms with Gasteiger partial charge in [0.1, 0.15) is 17.1 Å². The zero-order valence-corrected chi connectivity index (χ0v) is 13.5. The minimum Gasteiger partial charge on any atom is -0.383 e. The third-order valence-electron chi connectivity index (χ3n) is 3.00. The van der Waals surface area contributed by atoms with E-state index in [1.54, 1.807) is 22.9 Å². The lowest BCUT2D eigenvalue weighted by Crippen LogP contribution is -2.25. The topological polar surface area (TPSA) is 86.9 Å². The molecule has 5 nitrogen and oxygen atoms in total. The van der Waals surface area contributed by atoms with Gasteiger partial charge in [-0.1, -0.05) is 29.3 Å². The molecule has 1 amide bonds. The first-order valence-electron chi connectivity index (χ1n) is 6.27. The van der Waals surface area contributed by atoms with Crippen LogP contribution in [0.15, 0.2) is 18.2 Å². The lowest BCUT2D eigenvalue weighted by Gasteiger charge is -2.20. The van der Waals surface area contributed by atoms with Crippen LogP contribution in [0.2, 0.25) is 10.0 Å². The summed E-state index contributed by atoms with van der Waals surface area (Å²) in [6.45, 7) is 5.79. The van der Waals surface area contributed by atoms with E-state index in [-0.39, 0.29) is 16.9 Å². The third-order valence-corrected chi connectivity index (χ3v) is 3.74. The Kier molecular flexibility index (Phi) is 3.91. The minimum atomic E-state index is -0.635. The molecule has 0 aliphatic carbocycles. The molecule has 0 bridgehead atoms. The van der Waals surface area contributed by atoms with Gasteiger partial charge in [0.05, 0.1) is 15.6 Å². The van der Waals surface area contributed by atoms with E-state index in [2.05, 4.69) is 5.10 Å². The van der Waals surface area contributed by atoms with Gasteiger partial charge in [-0.25, -0.2) is 4.68 Å². The predicted octanol–water partition coefficient (Wildman–Crippen LogP) is 3.29. The normalized spacial score (nSPS) is 11.7. The van der Waals surface area contributed by atoms with Crippen molar-refractivity contribution in [2.24, 2.45) is 5.73 Å². The maximum atomic E-state index is 11.7. The summed E-state index contributed by atoms with van der Waals surface area (Å²) in [6, 6.07) is 4.98. The second-order valence-corrected chi connectivity index (χ2v) is 6.50. The summed E-state index contributed by atoms with van der Waals surface area (Å²) in [5.74, 6) is -0.403. The molecular formula is C14H16Cl2N4O. The lowest BCUT2D eigenvalue weighted by molar-refractivity contribution is 0.100. The SMILES string of the molecule is CC(C)(C)n1nc(-c2ccc(Cl)c(Cl)c2)c(C(N)=O)c1N. The van der Waals surface area contributed by atoms with Crippen molar-refractivity contribution in [2.75, 3.05) is 5.73 Å². The number of nitrogens with zero attached hydrogens (tertiary/aromatic N) is 2. The second kappa shape index (κ2) is 5.24. The van der Waals surface area contributed by atoms with Crippen LogP contribution < -0.4 is 11.5 Å². The van der Waals surface area contributed by atoms with Crippen molar-refractivity contribution < 1.29 is 4.79 Å². The standard InChI is InChI=1S/C14H16Cl2N4O/c1-14(2,3)20-12(17)10(13(18)21)11(19-20)7-4-5-8(15)9(16)6-7/h4-6H,17H2,1-3H3,(H2,18,21). The van der Waals surface area contributed by atoms with E-state index in [9.17, 15) is 4.79 Å². The van der Waals surface area contributed by atoms with E-state index in [0.29, 0.717) is 21.3 Å². The zero-order valence-electron chi connectivity index (χ0n) is 11.9. The van der Waals surface area contributed by atoms with Gasteiger partial charge in [-0.2, -0.15) is 5.10 Å². The molecule has 0 radical (unpaired) electrons. The van der Waals surface area contributed by atoms with Crippen molar-refractivity contribution in [3.63, 3.8) is 0 Å². The van der Waals surface area contributed by atoms with Gasteiger partial charge in [-0.15, -0.1) is 0 Å². The Labute approximate surface area is 132 Å². The molecule has 0 saturated carbocycles. The fourth-order valence-corrected chi connectivity index (χ4v) is 2.33. The molecule has 1 aromatic heterocycles. The Morgan fingerprint density at radius 3 is 2.33 bits per heavy atom. The van der Waals surface area contributed by atoms with Crippen molar-refractivity contribution >= 4 is 34.9 Å². The third kappa shape index (κ3) is 2.84. The van der Waals surface area contributed by atoms with Gasteiger partial charge in [-0.05, 0) is 32.9 Å².